The molecule has 1 N–H and O–H groups in total. The highest BCUT2D eigenvalue weighted by Crippen LogP contribution is 2.26. The van der Waals surface area contributed by atoms with Gasteiger partial charge in [0.1, 0.15) is 12.4 Å². The second-order valence-corrected chi connectivity index (χ2v) is 6.42. The fourth-order valence-corrected chi connectivity index (χ4v) is 3.10. The first kappa shape index (κ1) is 15.5. The molecule has 0 aromatic heterocycles. The van der Waals surface area contributed by atoms with E-state index in [0.717, 1.165) is 4.90 Å². The highest BCUT2D eigenvalue weighted by atomic mass is 32.2. The van der Waals surface area contributed by atoms with Gasteiger partial charge in [-0.2, -0.15) is 0 Å². The number of imide groups is 1. The van der Waals surface area contributed by atoms with Gasteiger partial charge in [0.05, 0.1) is 10.5 Å². The molecule has 1 aliphatic rings. The third-order valence-corrected chi connectivity index (χ3v) is 4.29. The molecule has 1 fully saturated rings. The minimum absolute atomic E-state index is 0.329. The molecule has 2 unspecified atom stereocenters. The lowest BCUT2D eigenvalue weighted by atomic mass is 10.3. The van der Waals surface area contributed by atoms with Crippen LogP contribution in [0.3, 0.4) is 0 Å². The average molecular weight is 310 g/mol. The fourth-order valence-electron chi connectivity index (χ4n) is 2.00. The van der Waals surface area contributed by atoms with Crippen LogP contribution < -0.4 is 5.32 Å². The molecule has 5 nitrogen and oxygen atoms in total. The van der Waals surface area contributed by atoms with Crippen molar-refractivity contribution >= 4 is 35.2 Å². The number of carbonyl (C=O) groups is 3. The number of nitrogens with one attached hydrogen (secondary N) is 1. The maximum absolute atomic E-state index is 12.8. The molecule has 3 amide bonds. The summed E-state index contributed by atoms with van der Waals surface area (Å²) in [6.45, 7) is 3.09. The first-order valence-corrected chi connectivity index (χ1v) is 7.39. The molecule has 0 bridgehead atoms. The smallest absolute Gasteiger partial charge is 0.244 e. The number of halogens is 1. The molecule has 0 radical (unpaired) electrons. The van der Waals surface area contributed by atoms with E-state index in [0.29, 0.717) is 5.69 Å². The van der Waals surface area contributed by atoms with Gasteiger partial charge in [-0.25, -0.2) is 4.39 Å². The van der Waals surface area contributed by atoms with Crippen LogP contribution in [0.2, 0.25) is 0 Å². The molecule has 0 spiro atoms. The van der Waals surface area contributed by atoms with E-state index in [1.807, 2.05) is 0 Å². The zero-order valence-electron chi connectivity index (χ0n) is 11.6. The van der Waals surface area contributed by atoms with Gasteiger partial charge in [0.2, 0.25) is 17.7 Å². The predicted octanol–water partition coefficient (Wildman–Crippen LogP) is 1.64. The molecular weight excluding hydrogens is 295 g/mol. The third kappa shape index (κ3) is 3.60. The van der Waals surface area contributed by atoms with Gasteiger partial charge in [-0.15, -0.1) is 11.8 Å². The Kier molecular flexibility index (Phi) is 4.62. The summed E-state index contributed by atoms with van der Waals surface area (Å²) in [4.78, 5) is 36.8. The van der Waals surface area contributed by atoms with Crippen LogP contribution in [-0.4, -0.2) is 39.7 Å². The summed E-state index contributed by atoms with van der Waals surface area (Å²) in [5.74, 6) is -1.63. The Morgan fingerprint density at radius 2 is 1.71 bits per heavy atom. The summed E-state index contributed by atoms with van der Waals surface area (Å²) in [6, 6.07) is 5.25. The minimum Gasteiger partial charge on any atom is -0.325 e. The number of rotatable bonds is 3. The SMILES string of the molecule is CC1SC(C)C(=O)N(CC(=O)Nc2ccc(F)cc2)C1=O. The number of anilines is 1. The molecule has 7 heteroatoms. The maximum atomic E-state index is 12.8. The number of hydrogen-bond donors (Lipinski definition) is 1. The van der Waals surface area contributed by atoms with Crippen molar-refractivity contribution in [3.8, 4) is 0 Å². The Labute approximate surface area is 125 Å². The highest BCUT2D eigenvalue weighted by Gasteiger charge is 2.37. The average Bonchev–Trinajstić information content (AvgIpc) is 2.44. The van der Waals surface area contributed by atoms with Crippen LogP contribution in [-0.2, 0) is 14.4 Å². The number of thioether (sulfide) groups is 1. The Morgan fingerprint density at radius 3 is 2.24 bits per heavy atom. The lowest BCUT2D eigenvalue weighted by Crippen LogP contribution is -2.52. The normalized spacial score (nSPS) is 22.3. The summed E-state index contributed by atoms with van der Waals surface area (Å²) in [7, 11) is 0. The maximum Gasteiger partial charge on any atom is 0.244 e. The van der Waals surface area contributed by atoms with Gasteiger partial charge in [-0.05, 0) is 38.1 Å². The number of benzene rings is 1. The Morgan fingerprint density at radius 1 is 1.19 bits per heavy atom. The zero-order chi connectivity index (χ0) is 15.6. The van der Waals surface area contributed by atoms with E-state index in [-0.39, 0.29) is 28.9 Å². The topological polar surface area (TPSA) is 66.5 Å². The van der Waals surface area contributed by atoms with Crippen molar-refractivity contribution in [1.82, 2.24) is 4.90 Å². The van der Waals surface area contributed by atoms with Crippen molar-refractivity contribution in [3.05, 3.63) is 30.1 Å². The van der Waals surface area contributed by atoms with Gasteiger partial charge < -0.3 is 5.32 Å². The summed E-state index contributed by atoms with van der Waals surface area (Å²) < 4.78 is 12.8. The molecule has 1 saturated heterocycles. The van der Waals surface area contributed by atoms with Crippen molar-refractivity contribution < 1.29 is 18.8 Å². The van der Waals surface area contributed by atoms with Gasteiger partial charge in [0, 0.05) is 5.69 Å². The van der Waals surface area contributed by atoms with Gasteiger partial charge in [-0.1, -0.05) is 0 Å². The monoisotopic (exact) mass is 310 g/mol. The van der Waals surface area contributed by atoms with Crippen LogP contribution in [0.25, 0.3) is 0 Å². The van der Waals surface area contributed by atoms with E-state index in [4.69, 9.17) is 0 Å². The van der Waals surface area contributed by atoms with Gasteiger partial charge in [0.25, 0.3) is 0 Å². The molecule has 2 atom stereocenters. The summed E-state index contributed by atoms with van der Waals surface area (Å²) >= 11 is 1.28. The highest BCUT2D eigenvalue weighted by molar-refractivity contribution is 8.02. The van der Waals surface area contributed by atoms with E-state index in [2.05, 4.69) is 5.32 Å². The predicted molar refractivity (Wildman–Crippen MR) is 78.3 cm³/mol. The van der Waals surface area contributed by atoms with Crippen molar-refractivity contribution in [2.75, 3.05) is 11.9 Å². The van der Waals surface area contributed by atoms with E-state index in [9.17, 15) is 18.8 Å². The lowest BCUT2D eigenvalue weighted by Gasteiger charge is -2.31. The lowest BCUT2D eigenvalue weighted by molar-refractivity contribution is -0.147. The van der Waals surface area contributed by atoms with Crippen LogP contribution >= 0.6 is 11.8 Å². The second-order valence-electron chi connectivity index (χ2n) is 4.74. The number of amides is 3. The van der Waals surface area contributed by atoms with Gasteiger partial charge in [0.15, 0.2) is 0 Å². The Hall–Kier alpha value is -1.89. The van der Waals surface area contributed by atoms with Crippen LogP contribution in [0.4, 0.5) is 10.1 Å². The molecule has 0 saturated carbocycles. The summed E-state index contributed by atoms with van der Waals surface area (Å²) in [6.07, 6.45) is 0. The molecular formula is C14H15FN2O3S. The number of hydrogen-bond acceptors (Lipinski definition) is 4. The molecule has 1 aromatic carbocycles. The first-order valence-electron chi connectivity index (χ1n) is 6.44. The van der Waals surface area contributed by atoms with E-state index < -0.39 is 11.7 Å². The molecule has 1 aromatic rings. The fraction of sp³-hybridized carbons (Fsp3) is 0.357. The molecule has 112 valence electrons. The van der Waals surface area contributed by atoms with Crippen LogP contribution in [0.5, 0.6) is 0 Å². The van der Waals surface area contributed by atoms with Crippen molar-refractivity contribution in [2.24, 2.45) is 0 Å². The van der Waals surface area contributed by atoms with E-state index in [1.165, 1.54) is 36.0 Å². The Balaban J connectivity index is 2.02. The van der Waals surface area contributed by atoms with Gasteiger partial charge in [-0.3, -0.25) is 19.3 Å². The van der Waals surface area contributed by atoms with Crippen molar-refractivity contribution in [2.45, 2.75) is 24.3 Å². The van der Waals surface area contributed by atoms with E-state index >= 15 is 0 Å². The van der Waals surface area contributed by atoms with Crippen LogP contribution in [0.15, 0.2) is 24.3 Å². The summed E-state index contributed by atoms with van der Waals surface area (Å²) in [5, 5.41) is 1.83. The van der Waals surface area contributed by atoms with Crippen molar-refractivity contribution in [1.29, 1.82) is 0 Å². The molecule has 21 heavy (non-hydrogen) atoms. The third-order valence-electron chi connectivity index (χ3n) is 3.07. The van der Waals surface area contributed by atoms with Crippen molar-refractivity contribution in [3.63, 3.8) is 0 Å². The first-order chi connectivity index (χ1) is 9.88. The molecule has 1 heterocycles. The molecule has 0 aliphatic carbocycles. The second kappa shape index (κ2) is 6.26. The largest absolute Gasteiger partial charge is 0.325 e. The molecule has 1 aliphatic heterocycles. The quantitative estimate of drug-likeness (QED) is 0.862. The summed E-state index contributed by atoms with van der Waals surface area (Å²) in [5.41, 5.74) is 0.411. The van der Waals surface area contributed by atoms with Crippen LogP contribution in [0.1, 0.15) is 13.8 Å². The van der Waals surface area contributed by atoms with E-state index in [1.54, 1.807) is 13.8 Å². The van der Waals surface area contributed by atoms with Crippen LogP contribution in [0, 0.1) is 5.82 Å². The Bertz CT molecular complexity index is 556. The molecule has 2 rings (SSSR count). The number of carbonyl (C=O) groups excluding carboxylic acids is 3. The number of nitrogens with zero attached hydrogens (tertiary/aromatic N) is 1. The standard InChI is InChI=1S/C14H15FN2O3S/c1-8-13(19)17(14(20)9(2)21-8)7-12(18)16-11-5-3-10(15)4-6-11/h3-6,8-9H,7H2,1-2H3,(H,16,18). The van der Waals surface area contributed by atoms with Gasteiger partial charge >= 0.3 is 0 Å². The minimum atomic E-state index is -0.491. The zero-order valence-corrected chi connectivity index (χ0v) is 12.4.